The quantitative estimate of drug-likeness (QED) is 0.898. The predicted molar refractivity (Wildman–Crippen MR) is 70.0 cm³/mol. The first-order chi connectivity index (χ1) is 8.88. The average molecular weight is 308 g/mol. The summed E-state index contributed by atoms with van der Waals surface area (Å²) in [6.07, 6.45) is 2.08. The molecule has 1 aromatic carbocycles. The van der Waals surface area contributed by atoms with E-state index in [-0.39, 0.29) is 16.0 Å². The topological polar surface area (TPSA) is 66.4 Å². The molecule has 0 aromatic heterocycles. The van der Waals surface area contributed by atoms with Gasteiger partial charge in [0, 0.05) is 6.04 Å². The summed E-state index contributed by atoms with van der Waals surface area (Å²) >= 11 is 5.58. The fraction of sp³-hybridized carbons (Fsp3) is 0.500. The molecule has 2 N–H and O–H groups in total. The van der Waals surface area contributed by atoms with Gasteiger partial charge in [0.25, 0.3) is 0 Å². The van der Waals surface area contributed by atoms with E-state index >= 15 is 0 Å². The van der Waals surface area contributed by atoms with Crippen molar-refractivity contribution in [2.45, 2.75) is 42.7 Å². The molecule has 1 aromatic rings. The fourth-order valence-electron chi connectivity index (χ4n) is 2.20. The Morgan fingerprint density at radius 1 is 1.37 bits per heavy atom. The number of hydrogen-bond acceptors (Lipinski definition) is 3. The van der Waals surface area contributed by atoms with Crippen LogP contribution in [0, 0.1) is 5.82 Å². The highest BCUT2D eigenvalue weighted by molar-refractivity contribution is 7.89. The van der Waals surface area contributed by atoms with Crippen molar-refractivity contribution in [3.63, 3.8) is 0 Å². The van der Waals surface area contributed by atoms with E-state index in [0.29, 0.717) is 19.3 Å². The molecule has 106 valence electrons. The second-order valence-electron chi connectivity index (χ2n) is 4.71. The van der Waals surface area contributed by atoms with Gasteiger partial charge in [0.05, 0.1) is 16.0 Å². The third-order valence-corrected chi connectivity index (χ3v) is 4.98. The molecule has 1 aliphatic rings. The van der Waals surface area contributed by atoms with E-state index in [1.165, 1.54) is 6.07 Å². The lowest BCUT2D eigenvalue weighted by molar-refractivity contribution is 0.117. The zero-order valence-electron chi connectivity index (χ0n) is 10.1. The average Bonchev–Trinajstić information content (AvgIpc) is 2.32. The van der Waals surface area contributed by atoms with Crippen LogP contribution in [0.5, 0.6) is 0 Å². The number of halogens is 2. The minimum atomic E-state index is -3.73. The molecule has 19 heavy (non-hydrogen) atoms. The Hall–Kier alpha value is -0.690. The normalized spacial score (nSPS) is 24.4. The molecular formula is C12H15ClFNO3S. The summed E-state index contributed by atoms with van der Waals surface area (Å²) in [4.78, 5) is -0.0704. The molecule has 0 saturated heterocycles. The molecule has 1 saturated carbocycles. The molecule has 0 bridgehead atoms. The Kier molecular flexibility index (Phi) is 4.45. The zero-order valence-corrected chi connectivity index (χ0v) is 11.7. The maximum atomic E-state index is 13.0. The van der Waals surface area contributed by atoms with Crippen LogP contribution in [0.15, 0.2) is 23.1 Å². The highest BCUT2D eigenvalue weighted by Gasteiger charge is 2.25. The standard InChI is InChI=1S/C12H15ClFNO3S/c13-11-7-10(4-5-12(11)14)19(17,18)15-8-2-1-3-9(16)6-8/h4-5,7-9,15-16H,1-3,6H2/t8-,9-/m0/s1. The van der Waals surface area contributed by atoms with Crippen molar-refractivity contribution < 1.29 is 17.9 Å². The van der Waals surface area contributed by atoms with Crippen molar-refractivity contribution in [2.75, 3.05) is 0 Å². The lowest BCUT2D eigenvalue weighted by atomic mass is 9.94. The first-order valence-electron chi connectivity index (χ1n) is 6.04. The number of benzene rings is 1. The molecule has 1 aliphatic carbocycles. The summed E-state index contributed by atoms with van der Waals surface area (Å²) in [7, 11) is -3.73. The van der Waals surface area contributed by atoms with E-state index in [4.69, 9.17) is 11.6 Å². The van der Waals surface area contributed by atoms with Crippen molar-refractivity contribution in [3.8, 4) is 0 Å². The summed E-state index contributed by atoms with van der Waals surface area (Å²) in [5.74, 6) is -0.659. The Balaban J connectivity index is 2.15. The van der Waals surface area contributed by atoms with Gasteiger partial charge in [-0.1, -0.05) is 11.6 Å². The van der Waals surface area contributed by atoms with Gasteiger partial charge < -0.3 is 5.11 Å². The van der Waals surface area contributed by atoms with Crippen LogP contribution in [-0.4, -0.2) is 25.7 Å². The molecular weight excluding hydrogens is 293 g/mol. The molecule has 0 spiro atoms. The van der Waals surface area contributed by atoms with Crippen molar-refractivity contribution in [2.24, 2.45) is 0 Å². The van der Waals surface area contributed by atoms with Crippen molar-refractivity contribution in [3.05, 3.63) is 29.0 Å². The minimum absolute atomic E-state index is 0.0704. The zero-order chi connectivity index (χ0) is 14.0. The van der Waals surface area contributed by atoms with Crippen LogP contribution in [0.25, 0.3) is 0 Å². The number of aliphatic hydroxyl groups excluding tert-OH is 1. The van der Waals surface area contributed by atoms with Crippen LogP contribution >= 0.6 is 11.6 Å². The number of sulfonamides is 1. The first-order valence-corrected chi connectivity index (χ1v) is 7.90. The molecule has 0 amide bonds. The summed E-state index contributed by atoms with van der Waals surface area (Å²) in [6.45, 7) is 0. The highest BCUT2D eigenvalue weighted by Crippen LogP contribution is 2.23. The van der Waals surface area contributed by atoms with E-state index in [9.17, 15) is 17.9 Å². The number of hydrogen-bond donors (Lipinski definition) is 2. The largest absolute Gasteiger partial charge is 0.393 e. The van der Waals surface area contributed by atoms with Gasteiger partial charge in [-0.15, -0.1) is 0 Å². The van der Waals surface area contributed by atoms with Gasteiger partial charge in [0.15, 0.2) is 0 Å². The summed E-state index contributed by atoms with van der Waals surface area (Å²) in [6, 6.07) is 2.98. The molecule has 0 unspecified atom stereocenters. The van der Waals surface area contributed by atoms with E-state index in [1.807, 2.05) is 0 Å². The second kappa shape index (κ2) is 5.75. The third kappa shape index (κ3) is 3.66. The van der Waals surface area contributed by atoms with Crippen LogP contribution in [-0.2, 0) is 10.0 Å². The lowest BCUT2D eigenvalue weighted by Crippen LogP contribution is -2.39. The summed E-state index contributed by atoms with van der Waals surface area (Å²) < 4.78 is 39.7. The van der Waals surface area contributed by atoms with Gasteiger partial charge in [0.1, 0.15) is 5.82 Å². The minimum Gasteiger partial charge on any atom is -0.393 e. The second-order valence-corrected chi connectivity index (χ2v) is 6.84. The van der Waals surface area contributed by atoms with Gasteiger partial charge in [0.2, 0.25) is 10.0 Å². The maximum Gasteiger partial charge on any atom is 0.240 e. The van der Waals surface area contributed by atoms with Gasteiger partial charge in [-0.2, -0.15) is 0 Å². The first kappa shape index (κ1) is 14.7. The van der Waals surface area contributed by atoms with Crippen LogP contribution in [0.3, 0.4) is 0 Å². The maximum absolute atomic E-state index is 13.0. The molecule has 0 aliphatic heterocycles. The van der Waals surface area contributed by atoms with Gasteiger partial charge in [-0.05, 0) is 43.9 Å². The van der Waals surface area contributed by atoms with Crippen LogP contribution in [0.1, 0.15) is 25.7 Å². The predicted octanol–water partition coefficient (Wildman–Crippen LogP) is 2.06. The molecule has 4 nitrogen and oxygen atoms in total. The van der Waals surface area contributed by atoms with Crippen LogP contribution < -0.4 is 4.72 Å². The Morgan fingerprint density at radius 2 is 2.11 bits per heavy atom. The summed E-state index contributed by atoms with van der Waals surface area (Å²) in [5, 5.41) is 9.29. The van der Waals surface area contributed by atoms with E-state index in [0.717, 1.165) is 18.6 Å². The van der Waals surface area contributed by atoms with Gasteiger partial charge in [-0.3, -0.25) is 0 Å². The van der Waals surface area contributed by atoms with Crippen molar-refractivity contribution >= 4 is 21.6 Å². The van der Waals surface area contributed by atoms with Crippen LogP contribution in [0.2, 0.25) is 5.02 Å². The van der Waals surface area contributed by atoms with Crippen molar-refractivity contribution in [1.82, 2.24) is 4.72 Å². The monoisotopic (exact) mass is 307 g/mol. The highest BCUT2D eigenvalue weighted by atomic mass is 35.5. The van der Waals surface area contributed by atoms with Crippen LogP contribution in [0.4, 0.5) is 4.39 Å². The number of nitrogens with one attached hydrogen (secondary N) is 1. The molecule has 2 atom stereocenters. The Bertz CT molecular complexity index is 564. The molecule has 1 fully saturated rings. The fourth-order valence-corrected chi connectivity index (χ4v) is 3.76. The number of aliphatic hydroxyl groups is 1. The SMILES string of the molecule is O=S(=O)(N[C@H]1CCC[C@H](O)C1)c1ccc(F)c(Cl)c1. The Morgan fingerprint density at radius 3 is 2.74 bits per heavy atom. The smallest absolute Gasteiger partial charge is 0.240 e. The lowest BCUT2D eigenvalue weighted by Gasteiger charge is -2.26. The molecule has 7 heteroatoms. The van der Waals surface area contributed by atoms with Gasteiger partial charge in [-0.25, -0.2) is 17.5 Å². The third-order valence-electron chi connectivity index (χ3n) is 3.17. The summed E-state index contributed by atoms with van der Waals surface area (Å²) in [5.41, 5.74) is 0. The van der Waals surface area contributed by atoms with E-state index in [2.05, 4.69) is 4.72 Å². The van der Waals surface area contributed by atoms with E-state index < -0.39 is 21.9 Å². The number of rotatable bonds is 3. The molecule has 0 radical (unpaired) electrons. The Labute approximate surface area is 116 Å². The van der Waals surface area contributed by atoms with E-state index in [1.54, 1.807) is 0 Å². The molecule has 2 rings (SSSR count). The van der Waals surface area contributed by atoms with Gasteiger partial charge >= 0.3 is 0 Å². The molecule has 0 heterocycles. The van der Waals surface area contributed by atoms with Crippen molar-refractivity contribution in [1.29, 1.82) is 0 Å².